The van der Waals surface area contributed by atoms with Gasteiger partial charge in [0.25, 0.3) is 0 Å². The van der Waals surface area contributed by atoms with Gasteiger partial charge in [0, 0.05) is 12.3 Å². The molecule has 0 saturated carbocycles. The van der Waals surface area contributed by atoms with Crippen LogP contribution in [0.15, 0.2) is 57.9 Å². The predicted molar refractivity (Wildman–Crippen MR) is 72.3 cm³/mol. The average molecular weight is 253 g/mol. The first kappa shape index (κ1) is 11.5. The Kier molecular flexibility index (Phi) is 2.76. The van der Waals surface area contributed by atoms with Crippen molar-refractivity contribution in [2.24, 2.45) is 0 Å². The number of benzene rings is 1. The second-order valence-electron chi connectivity index (χ2n) is 4.05. The smallest absolute Gasteiger partial charge is 0.344 e. The van der Waals surface area contributed by atoms with Crippen molar-refractivity contribution in [1.29, 1.82) is 0 Å². The van der Waals surface area contributed by atoms with E-state index in [1.165, 1.54) is 7.11 Å². The maximum Gasteiger partial charge on any atom is 0.344 e. The summed E-state index contributed by atoms with van der Waals surface area (Å²) in [5.41, 5.74) is 1.41. The largest absolute Gasteiger partial charge is 0.480 e. The molecular weight excluding hydrogens is 242 g/mol. The van der Waals surface area contributed by atoms with E-state index in [-0.39, 0.29) is 5.63 Å². The third-order valence-corrected chi connectivity index (χ3v) is 2.90. The van der Waals surface area contributed by atoms with Crippen LogP contribution in [0.5, 0.6) is 5.88 Å². The van der Waals surface area contributed by atoms with Crippen molar-refractivity contribution in [3.63, 3.8) is 0 Å². The normalized spacial score (nSPS) is 10.6. The van der Waals surface area contributed by atoms with E-state index in [1.54, 1.807) is 18.3 Å². The van der Waals surface area contributed by atoms with Gasteiger partial charge in [-0.1, -0.05) is 30.3 Å². The molecule has 19 heavy (non-hydrogen) atoms. The minimum atomic E-state index is -0.369. The number of ether oxygens (including phenoxy) is 1. The van der Waals surface area contributed by atoms with Crippen LogP contribution in [0, 0.1) is 0 Å². The topological polar surface area (TPSA) is 52.3 Å². The second kappa shape index (κ2) is 4.57. The molecule has 3 rings (SSSR count). The van der Waals surface area contributed by atoms with Crippen LogP contribution in [-0.2, 0) is 0 Å². The van der Waals surface area contributed by atoms with Crippen molar-refractivity contribution in [3.8, 4) is 17.0 Å². The summed E-state index contributed by atoms with van der Waals surface area (Å²) in [5, 5.41) is 0.684. The second-order valence-corrected chi connectivity index (χ2v) is 4.05. The summed E-state index contributed by atoms with van der Waals surface area (Å²) < 4.78 is 10.5. The molecule has 0 bridgehead atoms. The minimum absolute atomic E-state index is 0.369. The van der Waals surface area contributed by atoms with E-state index in [0.717, 1.165) is 5.56 Å². The van der Waals surface area contributed by atoms with Gasteiger partial charge in [-0.3, -0.25) is 0 Å². The molecule has 0 radical (unpaired) electrons. The summed E-state index contributed by atoms with van der Waals surface area (Å²) in [5.74, 6) is 0.443. The Balaban J connectivity index is 2.32. The van der Waals surface area contributed by atoms with Crippen molar-refractivity contribution in [2.45, 2.75) is 0 Å². The van der Waals surface area contributed by atoms with Crippen LogP contribution in [0.3, 0.4) is 0 Å². The first-order valence-corrected chi connectivity index (χ1v) is 5.82. The summed E-state index contributed by atoms with van der Waals surface area (Å²) in [4.78, 5) is 16.1. The number of pyridine rings is 1. The molecular formula is C15H11NO3. The highest BCUT2D eigenvalue weighted by Gasteiger charge is 2.11. The molecule has 94 valence electrons. The Hall–Kier alpha value is -2.62. The van der Waals surface area contributed by atoms with E-state index in [4.69, 9.17) is 9.15 Å². The number of methoxy groups -OCH3 is 1. The van der Waals surface area contributed by atoms with Gasteiger partial charge in [0.2, 0.25) is 5.88 Å². The molecule has 0 spiro atoms. The van der Waals surface area contributed by atoms with Crippen molar-refractivity contribution < 1.29 is 9.15 Å². The number of rotatable bonds is 2. The summed E-state index contributed by atoms with van der Waals surface area (Å²) in [6.45, 7) is 0. The minimum Gasteiger partial charge on any atom is -0.480 e. The Morgan fingerprint density at radius 1 is 1.16 bits per heavy atom. The van der Waals surface area contributed by atoms with Gasteiger partial charge >= 0.3 is 5.63 Å². The van der Waals surface area contributed by atoms with Crippen LogP contribution in [0.2, 0.25) is 0 Å². The molecule has 0 N–H and O–H groups in total. The molecule has 3 aromatic rings. The molecule has 0 saturated heterocycles. The fourth-order valence-corrected chi connectivity index (χ4v) is 2.00. The maximum absolute atomic E-state index is 12.0. The summed E-state index contributed by atoms with van der Waals surface area (Å²) in [7, 11) is 1.54. The van der Waals surface area contributed by atoms with Crippen LogP contribution in [-0.4, -0.2) is 12.1 Å². The monoisotopic (exact) mass is 253 g/mol. The van der Waals surface area contributed by atoms with Gasteiger partial charge in [0.05, 0.1) is 18.1 Å². The van der Waals surface area contributed by atoms with Crippen LogP contribution in [0.1, 0.15) is 0 Å². The number of hydrogen-bond donors (Lipinski definition) is 0. The summed E-state index contributed by atoms with van der Waals surface area (Å²) in [6.07, 6.45) is 1.55. The Morgan fingerprint density at radius 3 is 2.68 bits per heavy atom. The SMILES string of the molecule is COc1nccc2oc(=O)c(-c3ccccc3)cc12. The van der Waals surface area contributed by atoms with E-state index in [2.05, 4.69) is 4.98 Å². The standard InChI is InChI=1S/C15H11NO3/c1-18-14-12-9-11(10-5-3-2-4-6-10)15(17)19-13(12)7-8-16-14/h2-9H,1H3. The fourth-order valence-electron chi connectivity index (χ4n) is 2.00. The van der Waals surface area contributed by atoms with Gasteiger partial charge in [-0.15, -0.1) is 0 Å². The predicted octanol–water partition coefficient (Wildman–Crippen LogP) is 2.86. The van der Waals surface area contributed by atoms with Crippen molar-refractivity contribution in [3.05, 3.63) is 59.1 Å². The Morgan fingerprint density at radius 2 is 1.95 bits per heavy atom. The van der Waals surface area contributed by atoms with E-state index in [1.807, 2.05) is 30.3 Å². The zero-order chi connectivity index (χ0) is 13.2. The quantitative estimate of drug-likeness (QED) is 0.704. The van der Waals surface area contributed by atoms with Gasteiger partial charge in [-0.25, -0.2) is 9.78 Å². The molecule has 2 aromatic heterocycles. The van der Waals surface area contributed by atoms with Crippen LogP contribution in [0.25, 0.3) is 22.1 Å². The van der Waals surface area contributed by atoms with Crippen LogP contribution >= 0.6 is 0 Å². The van der Waals surface area contributed by atoms with E-state index >= 15 is 0 Å². The number of hydrogen-bond acceptors (Lipinski definition) is 4. The number of aromatic nitrogens is 1. The van der Waals surface area contributed by atoms with E-state index in [9.17, 15) is 4.79 Å². The fraction of sp³-hybridized carbons (Fsp3) is 0.0667. The lowest BCUT2D eigenvalue weighted by atomic mass is 10.1. The maximum atomic E-state index is 12.0. The molecule has 0 atom stereocenters. The molecule has 0 amide bonds. The molecule has 0 aliphatic carbocycles. The highest BCUT2D eigenvalue weighted by molar-refractivity contribution is 5.85. The average Bonchev–Trinajstić information content (AvgIpc) is 2.46. The number of nitrogens with zero attached hydrogens (tertiary/aromatic N) is 1. The first-order chi connectivity index (χ1) is 9.29. The lowest BCUT2D eigenvalue weighted by Crippen LogP contribution is -2.03. The summed E-state index contributed by atoms with van der Waals surface area (Å²) >= 11 is 0. The number of fused-ring (bicyclic) bond motifs is 1. The zero-order valence-electron chi connectivity index (χ0n) is 10.3. The molecule has 0 fully saturated rings. The Labute approximate surface area is 109 Å². The molecule has 4 nitrogen and oxygen atoms in total. The molecule has 4 heteroatoms. The molecule has 0 aliphatic rings. The molecule has 0 aliphatic heterocycles. The Bertz CT molecular complexity index is 778. The van der Waals surface area contributed by atoms with Crippen LogP contribution in [0.4, 0.5) is 0 Å². The van der Waals surface area contributed by atoms with Crippen molar-refractivity contribution in [1.82, 2.24) is 4.98 Å². The van der Waals surface area contributed by atoms with E-state index in [0.29, 0.717) is 22.4 Å². The third kappa shape index (κ3) is 1.97. The van der Waals surface area contributed by atoms with Gasteiger partial charge < -0.3 is 9.15 Å². The van der Waals surface area contributed by atoms with Crippen LogP contribution < -0.4 is 10.4 Å². The highest BCUT2D eigenvalue weighted by atomic mass is 16.5. The van der Waals surface area contributed by atoms with Gasteiger partial charge in [0.15, 0.2) is 0 Å². The molecule has 0 unspecified atom stereocenters. The van der Waals surface area contributed by atoms with Gasteiger partial charge in [-0.2, -0.15) is 0 Å². The molecule has 2 heterocycles. The third-order valence-electron chi connectivity index (χ3n) is 2.90. The van der Waals surface area contributed by atoms with Crippen molar-refractivity contribution in [2.75, 3.05) is 7.11 Å². The lowest BCUT2D eigenvalue weighted by Gasteiger charge is -2.05. The molecule has 1 aromatic carbocycles. The first-order valence-electron chi connectivity index (χ1n) is 5.82. The van der Waals surface area contributed by atoms with Gasteiger partial charge in [-0.05, 0) is 11.6 Å². The lowest BCUT2D eigenvalue weighted by molar-refractivity contribution is 0.402. The van der Waals surface area contributed by atoms with E-state index < -0.39 is 0 Å². The summed E-state index contributed by atoms with van der Waals surface area (Å²) in [6, 6.07) is 12.8. The van der Waals surface area contributed by atoms with Crippen molar-refractivity contribution >= 4 is 11.0 Å². The van der Waals surface area contributed by atoms with Gasteiger partial charge in [0.1, 0.15) is 5.58 Å². The zero-order valence-corrected chi connectivity index (χ0v) is 10.3. The highest BCUT2D eigenvalue weighted by Crippen LogP contribution is 2.25.